The lowest BCUT2D eigenvalue weighted by Crippen LogP contribution is -2.61. The van der Waals surface area contributed by atoms with E-state index in [1.807, 2.05) is 54.5 Å². The van der Waals surface area contributed by atoms with Gasteiger partial charge in [-0.3, -0.25) is 33.7 Å². The molecule has 0 bridgehead atoms. The molecule has 0 saturated carbocycles. The fraction of sp³-hybridized carbons (Fsp3) is 0.538. The van der Waals surface area contributed by atoms with E-state index in [9.17, 15) is 43.9 Å². The molecule has 294 valence electrons. The number of likely N-dealkylation sites (N-methyl/N-ethyl adjacent to an activating group) is 2. The third-order valence-corrected chi connectivity index (χ3v) is 9.49. The molecule has 5 N–H and O–H groups in total. The fourth-order valence-electron chi connectivity index (χ4n) is 6.14. The molecule has 0 fully saturated rings. The van der Waals surface area contributed by atoms with E-state index >= 15 is 0 Å². The quantitative estimate of drug-likeness (QED) is 0.108. The molecule has 0 aromatic heterocycles. The number of carboxylic acid groups (broad SMARTS) is 1. The third kappa shape index (κ3) is 11.8. The van der Waals surface area contributed by atoms with Crippen molar-refractivity contribution in [2.45, 2.75) is 97.8 Å². The topological polar surface area (TPSA) is 218 Å². The Morgan fingerprint density at radius 2 is 1.61 bits per heavy atom. The number of rotatable bonds is 18. The number of nitriles is 1. The minimum absolute atomic E-state index is 0.0155. The minimum Gasteiger partial charge on any atom is -0.480 e. The van der Waals surface area contributed by atoms with Crippen LogP contribution in [0.3, 0.4) is 0 Å². The molecule has 1 unspecified atom stereocenters. The van der Waals surface area contributed by atoms with Gasteiger partial charge in [0.05, 0.1) is 23.7 Å². The van der Waals surface area contributed by atoms with Crippen LogP contribution in [0.4, 0.5) is 0 Å². The lowest BCUT2D eigenvalue weighted by Gasteiger charge is -2.40. The maximum atomic E-state index is 14.2. The number of aliphatic carboxylic acids is 1. The molecule has 2 rings (SSSR count). The molecule has 15 nitrogen and oxygen atoms in total. The third-order valence-electron chi connectivity index (χ3n) is 9.49. The van der Waals surface area contributed by atoms with Crippen molar-refractivity contribution < 1.29 is 38.7 Å². The average molecular weight is 750 g/mol. The van der Waals surface area contributed by atoms with E-state index in [0.29, 0.717) is 5.56 Å². The second-order valence-electron chi connectivity index (χ2n) is 15.4. The maximum Gasteiger partial charge on any atom is 0.326 e. The summed E-state index contributed by atoms with van der Waals surface area (Å²) in [7, 11) is 3.23. The van der Waals surface area contributed by atoms with Crippen molar-refractivity contribution in [3.8, 4) is 6.07 Å². The van der Waals surface area contributed by atoms with Crippen molar-refractivity contribution in [2.24, 2.45) is 11.3 Å². The van der Waals surface area contributed by atoms with Crippen molar-refractivity contribution in [1.29, 1.82) is 5.26 Å². The highest BCUT2D eigenvalue weighted by Gasteiger charge is 2.42. The van der Waals surface area contributed by atoms with E-state index in [-0.39, 0.29) is 37.4 Å². The maximum absolute atomic E-state index is 14.2. The van der Waals surface area contributed by atoms with Gasteiger partial charge in [0, 0.05) is 49.7 Å². The van der Waals surface area contributed by atoms with Crippen LogP contribution in [0.1, 0.15) is 79.4 Å². The predicted molar refractivity (Wildman–Crippen MR) is 201 cm³/mol. The van der Waals surface area contributed by atoms with E-state index < -0.39 is 76.4 Å². The fourth-order valence-corrected chi connectivity index (χ4v) is 6.14. The molecule has 6 amide bonds. The molecule has 15 heteroatoms. The van der Waals surface area contributed by atoms with Gasteiger partial charge in [-0.05, 0) is 49.4 Å². The summed E-state index contributed by atoms with van der Waals surface area (Å²) in [6.07, 6.45) is 3.36. The molecule has 0 saturated heterocycles. The van der Waals surface area contributed by atoms with Gasteiger partial charge in [0.15, 0.2) is 0 Å². The van der Waals surface area contributed by atoms with Gasteiger partial charge >= 0.3 is 5.97 Å². The summed E-state index contributed by atoms with van der Waals surface area (Å²) < 4.78 is 0. The van der Waals surface area contributed by atoms with Crippen LogP contribution in [0.25, 0.3) is 0 Å². The molecule has 0 radical (unpaired) electrons. The van der Waals surface area contributed by atoms with Gasteiger partial charge < -0.3 is 31.3 Å². The Morgan fingerprint density at radius 1 is 1.00 bits per heavy atom. The molecule has 1 aliphatic heterocycles. The molecule has 1 aliphatic rings. The highest BCUT2D eigenvalue weighted by Crippen LogP contribution is 2.30. The normalized spacial score (nSPS) is 15.6. The summed E-state index contributed by atoms with van der Waals surface area (Å²) in [6.45, 7) is 14.4. The van der Waals surface area contributed by atoms with Crippen LogP contribution in [0.15, 0.2) is 48.1 Å². The first-order valence-electron chi connectivity index (χ1n) is 17.8. The molecule has 0 spiro atoms. The predicted octanol–water partition coefficient (Wildman–Crippen LogP) is 1.77. The van der Waals surface area contributed by atoms with Crippen LogP contribution in [0, 0.1) is 22.7 Å². The molecular weight excluding hydrogens is 694 g/mol. The van der Waals surface area contributed by atoms with E-state index in [0.717, 1.165) is 22.6 Å². The summed E-state index contributed by atoms with van der Waals surface area (Å²) in [4.78, 5) is 91.5. The smallest absolute Gasteiger partial charge is 0.326 e. The van der Waals surface area contributed by atoms with E-state index in [2.05, 4.69) is 27.3 Å². The number of carbonyl (C=O) groups is 7. The highest BCUT2D eigenvalue weighted by molar-refractivity contribution is 6.12. The van der Waals surface area contributed by atoms with E-state index in [1.165, 1.54) is 11.8 Å². The Hall–Kier alpha value is -5.36. The van der Waals surface area contributed by atoms with Gasteiger partial charge in [0.1, 0.15) is 12.1 Å². The van der Waals surface area contributed by atoms with Crippen LogP contribution in [0.2, 0.25) is 0 Å². The summed E-state index contributed by atoms with van der Waals surface area (Å²) in [5.74, 6) is -4.55. The van der Waals surface area contributed by atoms with Gasteiger partial charge in [-0.2, -0.15) is 5.26 Å². The van der Waals surface area contributed by atoms with Crippen molar-refractivity contribution in [3.05, 3.63) is 59.2 Å². The largest absolute Gasteiger partial charge is 0.480 e. The molecule has 1 heterocycles. The van der Waals surface area contributed by atoms with Crippen LogP contribution in [0.5, 0.6) is 0 Å². The standard InChI is InChI=1S/C39H55N7O8/c1-23(2)28(20-24(3)34(50)43-27(37(53)54)14-15-29(47)42-18-19-46-30(48)16-17-31(46)49)45(10)36(52)33(38(4,5)6)44-35(51)32(41-9)39(7,8)26-13-11-12-25(21-26)22-40/h11-13,16-17,20-21,23,27-28,32-33,41H,14-15,18-19H2,1-10H3,(H,42,47)(H,43,50)(H,44,51)(H,53,54)/b24-20+/t27-,28-,32-,33?/m1/s1. The van der Waals surface area contributed by atoms with Crippen molar-refractivity contribution >= 4 is 41.4 Å². The number of nitrogens with zero attached hydrogens (tertiary/aromatic N) is 3. The second-order valence-corrected chi connectivity index (χ2v) is 15.4. The number of nitrogens with one attached hydrogen (secondary N) is 4. The Morgan fingerprint density at radius 3 is 2.13 bits per heavy atom. The first-order valence-corrected chi connectivity index (χ1v) is 17.8. The minimum atomic E-state index is -1.40. The molecule has 1 aromatic carbocycles. The Labute approximate surface area is 317 Å². The van der Waals surface area contributed by atoms with Crippen molar-refractivity contribution in [1.82, 2.24) is 31.1 Å². The van der Waals surface area contributed by atoms with Crippen LogP contribution >= 0.6 is 0 Å². The molecular formula is C39H55N7O8. The zero-order valence-corrected chi connectivity index (χ0v) is 32.9. The van der Waals surface area contributed by atoms with Crippen LogP contribution in [-0.2, 0) is 39.0 Å². The molecule has 4 atom stereocenters. The van der Waals surface area contributed by atoms with Crippen LogP contribution in [-0.4, -0.2) is 108 Å². The Kier molecular flexibility index (Phi) is 15.9. The first kappa shape index (κ1) is 44.8. The summed E-state index contributed by atoms with van der Waals surface area (Å²) in [5.41, 5.74) is -0.139. The number of benzene rings is 1. The highest BCUT2D eigenvalue weighted by atomic mass is 16.4. The summed E-state index contributed by atoms with van der Waals surface area (Å²) in [5, 5.41) is 30.2. The lowest BCUT2D eigenvalue weighted by atomic mass is 9.76. The first-order chi connectivity index (χ1) is 25.1. The van der Waals surface area contributed by atoms with E-state index in [4.69, 9.17) is 0 Å². The van der Waals surface area contributed by atoms with Crippen LogP contribution < -0.4 is 21.3 Å². The SMILES string of the molecule is CN[C@H](C(=O)NC(C(=O)N(C)[C@H](/C=C(\C)C(=O)N[C@H](CCC(=O)NCCN1C(=O)C=CC1=O)C(=O)O)C(C)C)C(C)(C)C)C(C)(C)c1cccc(C#N)c1. The summed E-state index contributed by atoms with van der Waals surface area (Å²) >= 11 is 0. The number of amides is 6. The molecule has 1 aromatic rings. The number of hydrogen-bond donors (Lipinski definition) is 5. The van der Waals surface area contributed by atoms with E-state index in [1.54, 1.807) is 38.4 Å². The van der Waals surface area contributed by atoms with Gasteiger partial charge in [0.25, 0.3) is 11.8 Å². The van der Waals surface area contributed by atoms with Gasteiger partial charge in [0.2, 0.25) is 23.6 Å². The van der Waals surface area contributed by atoms with Gasteiger partial charge in [-0.25, -0.2) is 4.79 Å². The zero-order valence-electron chi connectivity index (χ0n) is 32.9. The van der Waals surface area contributed by atoms with Gasteiger partial charge in [-0.15, -0.1) is 0 Å². The second kappa shape index (κ2) is 19.1. The number of carbonyl (C=O) groups excluding carboxylic acids is 6. The zero-order chi connectivity index (χ0) is 41.1. The number of imide groups is 1. The van der Waals surface area contributed by atoms with Gasteiger partial charge in [-0.1, -0.05) is 66.7 Å². The Bertz CT molecular complexity index is 1680. The lowest BCUT2D eigenvalue weighted by molar-refractivity contribution is -0.142. The Balaban J connectivity index is 2.17. The number of carboxylic acids is 1. The van der Waals surface area contributed by atoms with Crippen molar-refractivity contribution in [3.63, 3.8) is 0 Å². The number of hydrogen-bond acceptors (Lipinski definition) is 9. The monoisotopic (exact) mass is 749 g/mol. The molecule has 0 aliphatic carbocycles. The van der Waals surface area contributed by atoms with Crippen molar-refractivity contribution in [2.75, 3.05) is 27.2 Å². The summed E-state index contributed by atoms with van der Waals surface area (Å²) in [6, 6.07) is 5.35. The molecule has 54 heavy (non-hydrogen) atoms. The average Bonchev–Trinajstić information content (AvgIpc) is 3.42.